The molecule has 1 aromatic heterocycles. The van der Waals surface area contributed by atoms with E-state index in [0.717, 1.165) is 4.47 Å². The Morgan fingerprint density at radius 2 is 1.73 bits per heavy atom. The van der Waals surface area contributed by atoms with Crippen LogP contribution in [-0.2, 0) is 14.8 Å². The molecule has 0 aliphatic heterocycles. The van der Waals surface area contributed by atoms with Crippen LogP contribution in [0, 0.1) is 0 Å². The van der Waals surface area contributed by atoms with E-state index in [1.807, 2.05) is 0 Å². The second kappa shape index (κ2) is 7.48. The lowest BCUT2D eigenvalue weighted by Crippen LogP contribution is -2.27. The second-order valence-electron chi connectivity index (χ2n) is 4.39. The van der Waals surface area contributed by atoms with Gasteiger partial charge in [0.15, 0.2) is 0 Å². The van der Waals surface area contributed by atoms with Gasteiger partial charge in [0.2, 0.25) is 15.9 Å². The van der Waals surface area contributed by atoms with Gasteiger partial charge in [-0.1, -0.05) is 15.9 Å². The molecule has 0 radical (unpaired) electrons. The molecule has 0 bridgehead atoms. The fourth-order valence-electron chi connectivity index (χ4n) is 1.65. The van der Waals surface area contributed by atoms with Crippen LogP contribution in [0.5, 0.6) is 0 Å². The summed E-state index contributed by atoms with van der Waals surface area (Å²) in [6.45, 7) is 0.0231. The number of anilines is 1. The number of rotatable bonds is 6. The third-order valence-corrected chi connectivity index (χ3v) is 4.74. The summed E-state index contributed by atoms with van der Waals surface area (Å²) in [5.74, 6) is -0.273. The predicted octanol–water partition coefficient (Wildman–Crippen LogP) is 2.15. The summed E-state index contributed by atoms with van der Waals surface area (Å²) < 4.78 is 27.2. The number of sulfonamides is 1. The molecule has 0 saturated heterocycles. The largest absolute Gasteiger partial charge is 0.326 e. The van der Waals surface area contributed by atoms with E-state index in [-0.39, 0.29) is 23.8 Å². The van der Waals surface area contributed by atoms with Crippen LogP contribution in [0.1, 0.15) is 6.42 Å². The first-order valence-corrected chi connectivity index (χ1v) is 8.70. The maximum absolute atomic E-state index is 12.0. The van der Waals surface area contributed by atoms with Gasteiger partial charge in [-0.15, -0.1) is 0 Å². The molecular weight excluding hydrogens is 370 g/mol. The Morgan fingerprint density at radius 1 is 1.09 bits per heavy atom. The summed E-state index contributed by atoms with van der Waals surface area (Å²) in [7, 11) is -3.61. The minimum atomic E-state index is -3.61. The number of hydrogen-bond donors (Lipinski definition) is 2. The van der Waals surface area contributed by atoms with Gasteiger partial charge in [0.1, 0.15) is 0 Å². The summed E-state index contributed by atoms with van der Waals surface area (Å²) in [5.41, 5.74) is 0.621. The molecular formula is C14H14BrN3O3S. The fraction of sp³-hybridized carbons (Fsp3) is 0.143. The molecule has 0 aliphatic rings. The van der Waals surface area contributed by atoms with E-state index in [4.69, 9.17) is 0 Å². The van der Waals surface area contributed by atoms with E-state index in [0.29, 0.717) is 5.69 Å². The SMILES string of the molecule is O=C(CCNS(=O)(=O)c1ccc(Br)cc1)Nc1ccncc1. The number of nitrogens with zero attached hydrogens (tertiary/aromatic N) is 1. The van der Waals surface area contributed by atoms with Crippen molar-refractivity contribution in [1.82, 2.24) is 9.71 Å². The summed E-state index contributed by atoms with van der Waals surface area (Å²) in [6.07, 6.45) is 3.16. The Morgan fingerprint density at radius 3 is 2.36 bits per heavy atom. The zero-order valence-electron chi connectivity index (χ0n) is 11.5. The van der Waals surface area contributed by atoms with Crippen molar-refractivity contribution in [3.63, 3.8) is 0 Å². The summed E-state index contributed by atoms with van der Waals surface area (Å²) in [6, 6.07) is 9.58. The minimum absolute atomic E-state index is 0.0231. The van der Waals surface area contributed by atoms with Gasteiger partial charge in [0.25, 0.3) is 0 Å². The van der Waals surface area contributed by atoms with E-state index in [2.05, 4.69) is 31.0 Å². The topological polar surface area (TPSA) is 88.2 Å². The molecule has 2 rings (SSSR count). The summed E-state index contributed by atoms with van der Waals surface area (Å²) in [4.78, 5) is 15.7. The highest BCUT2D eigenvalue weighted by Crippen LogP contribution is 2.14. The second-order valence-corrected chi connectivity index (χ2v) is 7.07. The van der Waals surface area contributed by atoms with Gasteiger partial charge in [-0.25, -0.2) is 13.1 Å². The Bertz CT molecular complexity index is 734. The number of halogens is 1. The summed E-state index contributed by atoms with van der Waals surface area (Å²) in [5, 5.41) is 2.66. The van der Waals surface area contributed by atoms with E-state index >= 15 is 0 Å². The zero-order valence-corrected chi connectivity index (χ0v) is 13.9. The smallest absolute Gasteiger partial charge is 0.240 e. The number of carbonyl (C=O) groups is 1. The normalized spacial score (nSPS) is 11.1. The predicted molar refractivity (Wildman–Crippen MR) is 86.8 cm³/mol. The average Bonchev–Trinajstić information content (AvgIpc) is 2.48. The Balaban J connectivity index is 1.85. The zero-order chi connectivity index (χ0) is 16.0. The van der Waals surface area contributed by atoms with Crippen molar-refractivity contribution >= 4 is 37.5 Å². The maximum atomic E-state index is 12.0. The molecule has 0 atom stereocenters. The monoisotopic (exact) mass is 383 g/mol. The van der Waals surface area contributed by atoms with Gasteiger partial charge in [-0.3, -0.25) is 9.78 Å². The van der Waals surface area contributed by atoms with Crippen molar-refractivity contribution in [3.05, 3.63) is 53.3 Å². The molecule has 0 aliphatic carbocycles. The third kappa shape index (κ3) is 4.90. The standard InChI is InChI=1S/C14H14BrN3O3S/c15-11-1-3-13(4-2-11)22(20,21)17-10-7-14(19)18-12-5-8-16-9-6-12/h1-6,8-9,17H,7,10H2,(H,16,18,19). The van der Waals surface area contributed by atoms with Gasteiger partial charge in [-0.2, -0.15) is 0 Å². The van der Waals surface area contributed by atoms with Crippen molar-refractivity contribution in [2.24, 2.45) is 0 Å². The fourth-order valence-corrected chi connectivity index (χ4v) is 2.95. The lowest BCUT2D eigenvalue weighted by atomic mass is 10.3. The minimum Gasteiger partial charge on any atom is -0.326 e. The molecule has 22 heavy (non-hydrogen) atoms. The number of amides is 1. The van der Waals surface area contributed by atoms with E-state index in [1.165, 1.54) is 12.1 Å². The first-order chi connectivity index (χ1) is 10.5. The number of aromatic nitrogens is 1. The van der Waals surface area contributed by atoms with Crippen LogP contribution in [0.2, 0.25) is 0 Å². The molecule has 0 saturated carbocycles. The van der Waals surface area contributed by atoms with Crippen LogP contribution in [-0.4, -0.2) is 25.9 Å². The van der Waals surface area contributed by atoms with Crippen LogP contribution in [0.25, 0.3) is 0 Å². The van der Waals surface area contributed by atoms with E-state index in [9.17, 15) is 13.2 Å². The third-order valence-electron chi connectivity index (χ3n) is 2.73. The quantitative estimate of drug-likeness (QED) is 0.799. The van der Waals surface area contributed by atoms with Crippen LogP contribution >= 0.6 is 15.9 Å². The van der Waals surface area contributed by atoms with Crippen molar-refractivity contribution in [2.45, 2.75) is 11.3 Å². The first kappa shape index (κ1) is 16.6. The van der Waals surface area contributed by atoms with Gasteiger partial charge >= 0.3 is 0 Å². The molecule has 1 aromatic carbocycles. The molecule has 1 heterocycles. The van der Waals surface area contributed by atoms with Crippen LogP contribution in [0.15, 0.2) is 58.2 Å². The van der Waals surface area contributed by atoms with Crippen molar-refractivity contribution < 1.29 is 13.2 Å². The number of benzene rings is 1. The number of hydrogen-bond acceptors (Lipinski definition) is 4. The highest BCUT2D eigenvalue weighted by Gasteiger charge is 2.13. The van der Waals surface area contributed by atoms with Gasteiger partial charge in [0, 0.05) is 35.5 Å². The molecule has 2 N–H and O–H groups in total. The molecule has 6 nitrogen and oxygen atoms in total. The highest BCUT2D eigenvalue weighted by atomic mass is 79.9. The molecule has 1 amide bonds. The lowest BCUT2D eigenvalue weighted by Gasteiger charge is -2.07. The van der Waals surface area contributed by atoms with Crippen LogP contribution in [0.4, 0.5) is 5.69 Å². The van der Waals surface area contributed by atoms with Crippen molar-refractivity contribution in [3.8, 4) is 0 Å². The van der Waals surface area contributed by atoms with Crippen LogP contribution < -0.4 is 10.0 Å². The van der Waals surface area contributed by atoms with E-state index < -0.39 is 10.0 Å². The van der Waals surface area contributed by atoms with E-state index in [1.54, 1.807) is 36.7 Å². The number of nitrogens with one attached hydrogen (secondary N) is 2. The van der Waals surface area contributed by atoms with Gasteiger partial charge in [0.05, 0.1) is 4.90 Å². The highest BCUT2D eigenvalue weighted by molar-refractivity contribution is 9.10. The molecule has 116 valence electrons. The molecule has 0 unspecified atom stereocenters. The number of carbonyl (C=O) groups excluding carboxylic acids is 1. The van der Waals surface area contributed by atoms with Gasteiger partial charge in [-0.05, 0) is 36.4 Å². The molecule has 2 aromatic rings. The molecule has 0 spiro atoms. The maximum Gasteiger partial charge on any atom is 0.240 e. The summed E-state index contributed by atoms with van der Waals surface area (Å²) >= 11 is 3.24. The molecule has 8 heteroatoms. The van der Waals surface area contributed by atoms with Crippen LogP contribution in [0.3, 0.4) is 0 Å². The Labute approximate surface area is 137 Å². The molecule has 0 fully saturated rings. The first-order valence-electron chi connectivity index (χ1n) is 6.42. The van der Waals surface area contributed by atoms with Crippen molar-refractivity contribution in [1.29, 1.82) is 0 Å². The average molecular weight is 384 g/mol. The van der Waals surface area contributed by atoms with Crippen molar-refractivity contribution in [2.75, 3.05) is 11.9 Å². The van der Waals surface area contributed by atoms with Gasteiger partial charge < -0.3 is 5.32 Å². The number of pyridine rings is 1. The Hall–Kier alpha value is -1.77. The Kier molecular flexibility index (Phi) is 5.64. The lowest BCUT2D eigenvalue weighted by molar-refractivity contribution is -0.116.